The number of amidine groups is 1. The molecule has 0 radical (unpaired) electrons. The molecule has 2 aliphatic heterocycles. The Morgan fingerprint density at radius 3 is 2.59 bits per heavy atom. The Morgan fingerprint density at radius 1 is 1.10 bits per heavy atom. The van der Waals surface area contributed by atoms with E-state index in [-0.39, 0.29) is 35.1 Å². The molecule has 5 nitrogen and oxygen atoms in total. The van der Waals surface area contributed by atoms with Gasteiger partial charge in [0, 0.05) is 17.4 Å². The molecule has 9 heteroatoms. The Labute approximate surface area is 184 Å². The number of carbonyl (C=O) groups is 1. The Bertz CT molecular complexity index is 1070. The number of carbonyl (C=O) groups excluding carboxylic acids is 1. The van der Waals surface area contributed by atoms with Gasteiger partial charge in [0.05, 0.1) is 27.6 Å². The van der Waals surface area contributed by atoms with Crippen LogP contribution in [0.15, 0.2) is 53.5 Å². The summed E-state index contributed by atoms with van der Waals surface area (Å²) in [5.41, 5.74) is 1.76. The summed E-state index contributed by atoms with van der Waals surface area (Å²) in [4.78, 5) is 18.7. The number of nitrogens with zero attached hydrogens (tertiary/aromatic N) is 2. The van der Waals surface area contributed by atoms with E-state index in [2.05, 4.69) is 4.99 Å². The van der Waals surface area contributed by atoms with E-state index in [9.17, 15) is 13.2 Å². The quantitative estimate of drug-likeness (QED) is 0.671. The second-order valence-corrected chi connectivity index (χ2v) is 11.2. The molecule has 1 amide bonds. The molecule has 0 saturated carbocycles. The van der Waals surface area contributed by atoms with Gasteiger partial charge in [-0.05, 0) is 30.2 Å². The zero-order valence-corrected chi connectivity index (χ0v) is 18.4. The van der Waals surface area contributed by atoms with Gasteiger partial charge in [-0.2, -0.15) is 4.99 Å². The first-order valence-electron chi connectivity index (χ1n) is 9.09. The highest BCUT2D eigenvalue weighted by atomic mass is 35.5. The van der Waals surface area contributed by atoms with Gasteiger partial charge in [-0.15, -0.1) is 0 Å². The van der Waals surface area contributed by atoms with Crippen molar-refractivity contribution in [2.45, 2.75) is 24.1 Å². The second-order valence-electron chi connectivity index (χ2n) is 7.04. The number of hydrogen-bond donors (Lipinski definition) is 0. The molecule has 0 aromatic heterocycles. The van der Waals surface area contributed by atoms with Gasteiger partial charge in [0.2, 0.25) is 5.91 Å². The molecule has 2 heterocycles. The maximum absolute atomic E-state index is 12.5. The van der Waals surface area contributed by atoms with Gasteiger partial charge in [-0.1, -0.05) is 65.3 Å². The third kappa shape index (κ3) is 4.63. The van der Waals surface area contributed by atoms with Gasteiger partial charge in [0.25, 0.3) is 0 Å². The van der Waals surface area contributed by atoms with Gasteiger partial charge in [-0.25, -0.2) is 8.42 Å². The summed E-state index contributed by atoms with van der Waals surface area (Å²) in [6.07, 6.45) is 0.895. The van der Waals surface area contributed by atoms with E-state index in [0.717, 1.165) is 5.56 Å². The molecule has 2 aromatic rings. The van der Waals surface area contributed by atoms with Crippen LogP contribution in [0.4, 0.5) is 5.69 Å². The molecule has 0 aliphatic carbocycles. The first-order valence-corrected chi connectivity index (χ1v) is 12.5. The van der Waals surface area contributed by atoms with Crippen molar-refractivity contribution in [1.82, 2.24) is 0 Å². The fourth-order valence-corrected chi connectivity index (χ4v) is 7.78. The van der Waals surface area contributed by atoms with E-state index in [1.807, 2.05) is 35.2 Å². The standard InChI is InChI=1S/C20H18Cl2N2O3S2/c21-15-8-7-14(10-16(15)22)24-17-11-29(26,27)12-18(17)28-20(24)23-19(25)9-6-13-4-2-1-3-5-13/h1-5,7-8,10,17-18H,6,9,11-12H2/t17-,18+/m0/s1. The zero-order chi connectivity index (χ0) is 20.6. The van der Waals surface area contributed by atoms with E-state index >= 15 is 0 Å². The molecule has 152 valence electrons. The summed E-state index contributed by atoms with van der Waals surface area (Å²) >= 11 is 13.5. The first-order chi connectivity index (χ1) is 13.8. The fourth-order valence-electron chi connectivity index (χ4n) is 3.56. The lowest BCUT2D eigenvalue weighted by atomic mass is 10.1. The number of fused-ring (bicyclic) bond motifs is 1. The number of rotatable bonds is 4. The molecule has 2 saturated heterocycles. The van der Waals surface area contributed by atoms with Crippen LogP contribution in [0.3, 0.4) is 0 Å². The molecule has 2 atom stereocenters. The highest BCUT2D eigenvalue weighted by Gasteiger charge is 2.49. The van der Waals surface area contributed by atoms with Gasteiger partial charge >= 0.3 is 0 Å². The monoisotopic (exact) mass is 468 g/mol. The maximum Gasteiger partial charge on any atom is 0.248 e. The molecule has 2 aliphatic rings. The van der Waals surface area contributed by atoms with Crippen molar-refractivity contribution in [1.29, 1.82) is 0 Å². The number of sulfone groups is 1. The largest absolute Gasteiger partial charge is 0.316 e. The molecule has 2 aromatic carbocycles. The average molecular weight is 469 g/mol. The molecule has 0 spiro atoms. The minimum absolute atomic E-state index is 0.0299. The molecule has 0 N–H and O–H groups in total. The summed E-state index contributed by atoms with van der Waals surface area (Å²) in [7, 11) is -3.12. The summed E-state index contributed by atoms with van der Waals surface area (Å²) in [5.74, 6) is -0.122. The van der Waals surface area contributed by atoms with Crippen LogP contribution in [0.5, 0.6) is 0 Å². The first kappa shape index (κ1) is 20.7. The number of anilines is 1. The Balaban J connectivity index is 1.59. The van der Waals surface area contributed by atoms with Crippen LogP contribution in [0.1, 0.15) is 12.0 Å². The summed E-state index contributed by atoms with van der Waals surface area (Å²) in [5, 5.41) is 1.14. The molecule has 29 heavy (non-hydrogen) atoms. The number of halogens is 2. The second kappa shape index (κ2) is 8.30. The molecular weight excluding hydrogens is 451 g/mol. The topological polar surface area (TPSA) is 66.8 Å². The Morgan fingerprint density at radius 2 is 1.86 bits per heavy atom. The van der Waals surface area contributed by atoms with Crippen LogP contribution in [0.2, 0.25) is 10.0 Å². The molecule has 4 rings (SSSR count). The number of hydrogen-bond acceptors (Lipinski definition) is 4. The predicted molar refractivity (Wildman–Crippen MR) is 120 cm³/mol. The van der Waals surface area contributed by atoms with Crippen molar-refractivity contribution in [3.8, 4) is 0 Å². The normalized spacial score (nSPS) is 24.1. The number of aryl methyl sites for hydroxylation is 1. The van der Waals surface area contributed by atoms with Gasteiger partial charge in [-0.3, -0.25) is 4.79 Å². The van der Waals surface area contributed by atoms with Crippen molar-refractivity contribution in [3.63, 3.8) is 0 Å². The molecular formula is C20H18Cl2N2O3S2. The minimum Gasteiger partial charge on any atom is -0.316 e. The summed E-state index contributed by atoms with van der Waals surface area (Å²) in [6, 6.07) is 14.6. The number of thioether (sulfide) groups is 1. The minimum atomic E-state index is -3.12. The Hall–Kier alpha value is -1.54. The van der Waals surface area contributed by atoms with Crippen molar-refractivity contribution >= 4 is 61.6 Å². The average Bonchev–Trinajstić information content (AvgIpc) is 3.14. The zero-order valence-electron chi connectivity index (χ0n) is 15.3. The van der Waals surface area contributed by atoms with E-state index in [1.165, 1.54) is 11.8 Å². The van der Waals surface area contributed by atoms with Crippen LogP contribution >= 0.6 is 35.0 Å². The number of benzene rings is 2. The smallest absolute Gasteiger partial charge is 0.248 e. The van der Waals surface area contributed by atoms with E-state index < -0.39 is 9.84 Å². The van der Waals surface area contributed by atoms with E-state index in [0.29, 0.717) is 27.3 Å². The molecule has 2 fully saturated rings. The lowest BCUT2D eigenvalue weighted by Gasteiger charge is -2.24. The van der Waals surface area contributed by atoms with Crippen LogP contribution in [-0.4, -0.2) is 42.3 Å². The van der Waals surface area contributed by atoms with Crippen molar-refractivity contribution in [3.05, 3.63) is 64.1 Å². The number of amides is 1. The van der Waals surface area contributed by atoms with Crippen molar-refractivity contribution in [2.24, 2.45) is 4.99 Å². The van der Waals surface area contributed by atoms with Crippen LogP contribution < -0.4 is 4.90 Å². The van der Waals surface area contributed by atoms with Crippen molar-refractivity contribution < 1.29 is 13.2 Å². The van der Waals surface area contributed by atoms with Crippen LogP contribution in [0.25, 0.3) is 0 Å². The SMILES string of the molecule is O=C(CCc1ccccc1)N=C1S[C@@H]2CS(=O)(=O)C[C@@H]2N1c1ccc(Cl)c(Cl)c1. The van der Waals surface area contributed by atoms with Gasteiger partial charge in [0.1, 0.15) is 0 Å². The fraction of sp³-hybridized carbons (Fsp3) is 0.300. The van der Waals surface area contributed by atoms with Crippen LogP contribution in [-0.2, 0) is 21.1 Å². The summed E-state index contributed by atoms with van der Waals surface area (Å²) < 4.78 is 24.3. The highest BCUT2D eigenvalue weighted by molar-refractivity contribution is 8.16. The maximum atomic E-state index is 12.5. The van der Waals surface area contributed by atoms with E-state index in [4.69, 9.17) is 23.2 Å². The predicted octanol–water partition coefficient (Wildman–Crippen LogP) is 4.23. The number of aliphatic imine (C=N–C) groups is 1. The summed E-state index contributed by atoms with van der Waals surface area (Å²) in [6.45, 7) is 0. The third-order valence-electron chi connectivity index (χ3n) is 4.94. The molecule has 0 bridgehead atoms. The van der Waals surface area contributed by atoms with E-state index in [1.54, 1.807) is 18.2 Å². The lowest BCUT2D eigenvalue weighted by Crippen LogP contribution is -2.37. The Kier molecular flexibility index (Phi) is 5.93. The van der Waals surface area contributed by atoms with Gasteiger partial charge in [0.15, 0.2) is 15.0 Å². The lowest BCUT2D eigenvalue weighted by molar-refractivity contribution is -0.117. The van der Waals surface area contributed by atoms with Gasteiger partial charge < -0.3 is 4.90 Å². The highest BCUT2D eigenvalue weighted by Crippen LogP contribution is 2.42. The molecule has 0 unspecified atom stereocenters. The van der Waals surface area contributed by atoms with Crippen molar-refractivity contribution in [2.75, 3.05) is 16.4 Å². The van der Waals surface area contributed by atoms with Crippen LogP contribution in [0, 0.1) is 0 Å². The third-order valence-corrected chi connectivity index (χ3v) is 8.89.